The van der Waals surface area contributed by atoms with Gasteiger partial charge in [0.2, 0.25) is 5.91 Å². The number of carbonyl (C=O) groups excluding carboxylic acids is 2. The molecule has 0 saturated carbocycles. The molecule has 0 bridgehead atoms. The number of halogens is 1. The van der Waals surface area contributed by atoms with Crippen LogP contribution in [0, 0.1) is 17.7 Å². The van der Waals surface area contributed by atoms with E-state index in [1.807, 2.05) is 29.2 Å². The minimum Gasteiger partial charge on any atom is -0.497 e. The Kier molecular flexibility index (Phi) is 15.7. The second kappa shape index (κ2) is 19.9. The molecule has 2 amide bonds. The van der Waals surface area contributed by atoms with Gasteiger partial charge in [0.15, 0.2) is 0 Å². The molecule has 0 spiro atoms. The Morgan fingerprint density at radius 2 is 1.76 bits per heavy atom. The Balaban J connectivity index is 1.56. The molecule has 11 nitrogen and oxygen atoms in total. The summed E-state index contributed by atoms with van der Waals surface area (Å²) in [5, 5.41) is 21.7. The summed E-state index contributed by atoms with van der Waals surface area (Å²) in [6, 6.07) is 12.9. The van der Waals surface area contributed by atoms with Crippen LogP contribution in [0.25, 0.3) is 0 Å². The zero-order valence-electron chi connectivity index (χ0n) is 30.0. The molecule has 4 rings (SSSR count). The average Bonchev–Trinajstić information content (AvgIpc) is 3.11. The van der Waals surface area contributed by atoms with Gasteiger partial charge >= 0.3 is 0 Å². The van der Waals surface area contributed by atoms with E-state index in [0.29, 0.717) is 39.0 Å². The first kappa shape index (κ1) is 39.5. The van der Waals surface area contributed by atoms with Crippen LogP contribution < -0.4 is 9.47 Å². The van der Waals surface area contributed by atoms with Gasteiger partial charge in [0.1, 0.15) is 35.6 Å². The first-order valence-corrected chi connectivity index (χ1v) is 17.9. The van der Waals surface area contributed by atoms with E-state index < -0.39 is 36.1 Å². The van der Waals surface area contributed by atoms with Crippen molar-refractivity contribution in [2.24, 2.45) is 11.8 Å². The van der Waals surface area contributed by atoms with E-state index in [0.717, 1.165) is 37.4 Å². The lowest BCUT2D eigenvalue weighted by molar-refractivity contribution is -0.136. The smallest absolute Gasteiger partial charge is 0.256 e. The Hall–Kier alpha value is -3.29. The standard InChI is InChI=1S/C38H56FN3O8/c1-27(2)19-29-22-41(38(46)32-14-5-6-15-33(32)39)23-35(48-4)37(45)34(43)26-49-18-8-7-17-42(29)36(44)24-40-16-10-11-28(21-40)25-50-31-13-9-12-30(20-31)47-3/h5-6,9,12-15,20,27-29,34-35,37,43,45H,7-8,10-11,16-19,21-26H2,1-4H3/t28?,29-,34-,35-,37-/m1/s1. The fourth-order valence-electron chi connectivity index (χ4n) is 6.85. The van der Waals surface area contributed by atoms with Gasteiger partial charge in [-0.25, -0.2) is 4.39 Å². The van der Waals surface area contributed by atoms with Crippen molar-refractivity contribution in [1.29, 1.82) is 0 Å². The number of hydrogen-bond acceptors (Lipinski definition) is 9. The molecule has 2 fully saturated rings. The molecule has 5 atom stereocenters. The Labute approximate surface area is 296 Å². The summed E-state index contributed by atoms with van der Waals surface area (Å²) >= 11 is 0. The van der Waals surface area contributed by atoms with Crippen molar-refractivity contribution in [3.8, 4) is 11.5 Å². The summed E-state index contributed by atoms with van der Waals surface area (Å²) in [4.78, 5) is 33.8. The highest BCUT2D eigenvalue weighted by molar-refractivity contribution is 5.94. The molecule has 2 aromatic carbocycles. The van der Waals surface area contributed by atoms with Gasteiger partial charge in [-0.1, -0.05) is 32.0 Å². The van der Waals surface area contributed by atoms with Crippen LogP contribution in [-0.2, 0) is 14.3 Å². The monoisotopic (exact) mass is 701 g/mol. The van der Waals surface area contributed by atoms with Crippen molar-refractivity contribution in [3.63, 3.8) is 0 Å². The van der Waals surface area contributed by atoms with E-state index in [2.05, 4.69) is 18.7 Å². The highest BCUT2D eigenvalue weighted by atomic mass is 19.1. The van der Waals surface area contributed by atoms with E-state index in [9.17, 15) is 24.2 Å². The Morgan fingerprint density at radius 3 is 2.50 bits per heavy atom. The highest BCUT2D eigenvalue weighted by Crippen LogP contribution is 2.24. The molecule has 2 saturated heterocycles. The van der Waals surface area contributed by atoms with Crippen LogP contribution in [0.1, 0.15) is 56.3 Å². The molecule has 12 heteroatoms. The van der Waals surface area contributed by atoms with Gasteiger partial charge in [0.05, 0.1) is 32.4 Å². The SMILES string of the molecule is COc1cccc(OCC2CCCN(CC(=O)N3CCCCOC[C@@H](O)[C@@H](O)[C@H](OC)CN(C(=O)c4ccccc4F)C[C@H]3CC(C)C)C2)c1. The fourth-order valence-corrected chi connectivity index (χ4v) is 6.85. The van der Waals surface area contributed by atoms with Crippen LogP contribution in [-0.4, -0.2) is 134 Å². The maximum absolute atomic E-state index is 15.0. The number of likely N-dealkylation sites (tertiary alicyclic amines) is 1. The van der Waals surface area contributed by atoms with Gasteiger partial charge in [-0.05, 0) is 68.8 Å². The molecule has 1 unspecified atom stereocenters. The Bertz CT molecular complexity index is 1350. The average molecular weight is 702 g/mol. The maximum Gasteiger partial charge on any atom is 0.256 e. The van der Waals surface area contributed by atoms with E-state index in [-0.39, 0.29) is 49.5 Å². The first-order chi connectivity index (χ1) is 24.1. The minimum atomic E-state index is -1.36. The molecule has 50 heavy (non-hydrogen) atoms. The summed E-state index contributed by atoms with van der Waals surface area (Å²) in [6.07, 6.45) is 0.251. The zero-order valence-corrected chi connectivity index (χ0v) is 30.0. The summed E-state index contributed by atoms with van der Waals surface area (Å²) < 4.78 is 37.7. The van der Waals surface area contributed by atoms with Crippen molar-refractivity contribution < 1.29 is 43.1 Å². The summed E-state index contributed by atoms with van der Waals surface area (Å²) in [5.74, 6) is 0.646. The van der Waals surface area contributed by atoms with Crippen LogP contribution in [0.4, 0.5) is 4.39 Å². The third-order valence-electron chi connectivity index (χ3n) is 9.52. The van der Waals surface area contributed by atoms with Gasteiger partial charge < -0.3 is 39.0 Å². The molecule has 2 aliphatic heterocycles. The number of piperidine rings is 1. The molecule has 2 N–H and O–H groups in total. The molecular formula is C38H56FN3O8. The summed E-state index contributed by atoms with van der Waals surface area (Å²) in [7, 11) is 3.02. The number of aliphatic hydroxyl groups is 2. The number of hydrogen-bond donors (Lipinski definition) is 2. The molecule has 2 heterocycles. The second-order valence-electron chi connectivity index (χ2n) is 13.9. The third-order valence-corrected chi connectivity index (χ3v) is 9.52. The molecule has 278 valence electrons. The lowest BCUT2D eigenvalue weighted by atomic mass is 9.98. The van der Waals surface area contributed by atoms with Crippen molar-refractivity contribution in [1.82, 2.24) is 14.7 Å². The number of amides is 2. The number of nitrogens with zero attached hydrogens (tertiary/aromatic N) is 3. The quantitative estimate of drug-likeness (QED) is 0.381. The van der Waals surface area contributed by atoms with Crippen LogP contribution >= 0.6 is 0 Å². The molecule has 0 radical (unpaired) electrons. The lowest BCUT2D eigenvalue weighted by Gasteiger charge is -2.40. The molecule has 2 aliphatic rings. The van der Waals surface area contributed by atoms with E-state index >= 15 is 0 Å². The van der Waals surface area contributed by atoms with E-state index in [4.69, 9.17) is 18.9 Å². The van der Waals surface area contributed by atoms with Gasteiger partial charge in [-0.15, -0.1) is 0 Å². The zero-order chi connectivity index (χ0) is 36.0. The predicted octanol–water partition coefficient (Wildman–Crippen LogP) is 3.86. The van der Waals surface area contributed by atoms with Gasteiger partial charge in [0.25, 0.3) is 5.91 Å². The molecular weight excluding hydrogens is 645 g/mol. The number of benzene rings is 2. The molecule has 2 aromatic rings. The van der Waals surface area contributed by atoms with Gasteiger partial charge in [-0.2, -0.15) is 0 Å². The normalized spacial score (nSPS) is 24.8. The lowest BCUT2D eigenvalue weighted by Crippen LogP contribution is -2.55. The van der Waals surface area contributed by atoms with Crippen molar-refractivity contribution >= 4 is 11.8 Å². The van der Waals surface area contributed by atoms with Crippen LogP contribution in [0.5, 0.6) is 11.5 Å². The van der Waals surface area contributed by atoms with Crippen LogP contribution in [0.3, 0.4) is 0 Å². The van der Waals surface area contributed by atoms with E-state index in [1.54, 1.807) is 13.2 Å². The summed E-state index contributed by atoms with van der Waals surface area (Å²) in [6.45, 7) is 7.10. The Morgan fingerprint density at radius 1 is 0.980 bits per heavy atom. The molecule has 0 aliphatic carbocycles. The number of rotatable bonds is 10. The number of aliphatic hydroxyl groups excluding tert-OH is 2. The van der Waals surface area contributed by atoms with Gasteiger partial charge in [-0.3, -0.25) is 14.5 Å². The highest BCUT2D eigenvalue weighted by Gasteiger charge is 2.35. The minimum absolute atomic E-state index is 0.0323. The maximum atomic E-state index is 15.0. The molecule has 0 aromatic heterocycles. The first-order valence-electron chi connectivity index (χ1n) is 17.9. The number of methoxy groups -OCH3 is 2. The third kappa shape index (κ3) is 11.6. The predicted molar refractivity (Wildman–Crippen MR) is 188 cm³/mol. The largest absolute Gasteiger partial charge is 0.497 e. The second-order valence-corrected chi connectivity index (χ2v) is 13.9. The topological polar surface area (TPSA) is 121 Å². The summed E-state index contributed by atoms with van der Waals surface area (Å²) in [5.41, 5.74) is -0.112. The van der Waals surface area contributed by atoms with Crippen molar-refractivity contribution in [3.05, 3.63) is 59.9 Å². The van der Waals surface area contributed by atoms with E-state index in [1.165, 1.54) is 30.2 Å². The number of ether oxygens (including phenoxy) is 4. The fraction of sp³-hybridized carbons (Fsp3) is 0.632. The van der Waals surface area contributed by atoms with Crippen LogP contribution in [0.2, 0.25) is 0 Å². The van der Waals surface area contributed by atoms with Crippen LogP contribution in [0.15, 0.2) is 48.5 Å². The number of carbonyl (C=O) groups is 2. The van der Waals surface area contributed by atoms with Gasteiger partial charge in [0, 0.05) is 57.9 Å². The van der Waals surface area contributed by atoms with Crippen molar-refractivity contribution in [2.45, 2.75) is 70.3 Å². The van der Waals surface area contributed by atoms with Crippen molar-refractivity contribution in [2.75, 3.05) is 73.3 Å².